The van der Waals surface area contributed by atoms with Crippen molar-refractivity contribution in [1.82, 2.24) is 15.0 Å². The molecule has 8 heteroatoms. The lowest BCUT2D eigenvalue weighted by Crippen LogP contribution is -2.30. The molecule has 0 aliphatic carbocycles. The van der Waals surface area contributed by atoms with Gasteiger partial charge in [0, 0.05) is 17.5 Å². The van der Waals surface area contributed by atoms with Crippen LogP contribution in [-0.2, 0) is 0 Å². The number of carbonyl (C=O) groups is 1. The molecule has 1 fully saturated rings. The zero-order valence-electron chi connectivity index (χ0n) is 15.0. The second kappa shape index (κ2) is 7.40. The maximum absolute atomic E-state index is 12.7. The summed E-state index contributed by atoms with van der Waals surface area (Å²) in [6.07, 6.45) is 1.72. The van der Waals surface area contributed by atoms with Gasteiger partial charge in [-0.2, -0.15) is 16.3 Å². The van der Waals surface area contributed by atoms with Gasteiger partial charge in [-0.3, -0.25) is 4.79 Å². The van der Waals surface area contributed by atoms with Crippen molar-refractivity contribution in [2.75, 3.05) is 20.8 Å². The van der Waals surface area contributed by atoms with Crippen LogP contribution in [0.5, 0.6) is 11.5 Å². The number of ether oxygens (including phenoxy) is 2. The highest BCUT2D eigenvalue weighted by molar-refractivity contribution is 7.08. The Balaban J connectivity index is 1.59. The van der Waals surface area contributed by atoms with Crippen LogP contribution in [0.3, 0.4) is 0 Å². The van der Waals surface area contributed by atoms with Crippen molar-refractivity contribution in [3.05, 3.63) is 46.5 Å². The smallest absolute Gasteiger partial charge is 0.255 e. The molecule has 7 nitrogen and oxygen atoms in total. The number of aromatic nitrogens is 2. The van der Waals surface area contributed by atoms with Crippen LogP contribution in [0.2, 0.25) is 0 Å². The zero-order chi connectivity index (χ0) is 18.8. The van der Waals surface area contributed by atoms with Crippen molar-refractivity contribution >= 4 is 17.2 Å². The van der Waals surface area contributed by atoms with Gasteiger partial charge in [0.15, 0.2) is 11.5 Å². The first-order valence-corrected chi connectivity index (χ1v) is 9.54. The van der Waals surface area contributed by atoms with E-state index in [1.54, 1.807) is 26.4 Å². The van der Waals surface area contributed by atoms with Crippen molar-refractivity contribution < 1.29 is 18.8 Å². The van der Waals surface area contributed by atoms with Crippen molar-refractivity contribution in [2.45, 2.75) is 18.9 Å². The Hall–Kier alpha value is -2.87. The number of nitrogens with zero attached hydrogens (tertiary/aromatic N) is 3. The van der Waals surface area contributed by atoms with Crippen LogP contribution >= 0.6 is 11.3 Å². The Bertz CT molecular complexity index is 938. The third-order valence-corrected chi connectivity index (χ3v) is 5.33. The van der Waals surface area contributed by atoms with Gasteiger partial charge < -0.3 is 18.9 Å². The van der Waals surface area contributed by atoms with Crippen LogP contribution in [0.15, 0.2) is 39.5 Å². The molecule has 0 spiro atoms. The van der Waals surface area contributed by atoms with E-state index in [-0.39, 0.29) is 11.9 Å². The van der Waals surface area contributed by atoms with E-state index >= 15 is 0 Å². The van der Waals surface area contributed by atoms with E-state index in [9.17, 15) is 4.79 Å². The number of carbonyl (C=O) groups excluding carboxylic acids is 1. The van der Waals surface area contributed by atoms with E-state index < -0.39 is 0 Å². The van der Waals surface area contributed by atoms with Gasteiger partial charge in [-0.1, -0.05) is 5.16 Å². The van der Waals surface area contributed by atoms with E-state index in [0.29, 0.717) is 35.3 Å². The third-order valence-electron chi connectivity index (χ3n) is 4.65. The number of amides is 1. The van der Waals surface area contributed by atoms with E-state index in [1.165, 1.54) is 11.3 Å². The summed E-state index contributed by atoms with van der Waals surface area (Å²) in [5.41, 5.74) is 1.46. The molecule has 0 saturated carbocycles. The summed E-state index contributed by atoms with van der Waals surface area (Å²) in [5, 5.41) is 7.86. The minimum Gasteiger partial charge on any atom is -0.493 e. The Kier molecular flexibility index (Phi) is 4.81. The first kappa shape index (κ1) is 17.5. The van der Waals surface area contributed by atoms with Crippen LogP contribution in [-0.4, -0.2) is 41.7 Å². The number of hydrogen-bond donors (Lipinski definition) is 0. The summed E-state index contributed by atoms with van der Waals surface area (Å²) >= 11 is 1.51. The Labute approximate surface area is 160 Å². The van der Waals surface area contributed by atoms with Crippen molar-refractivity contribution in [3.63, 3.8) is 0 Å². The molecule has 1 atom stereocenters. The quantitative estimate of drug-likeness (QED) is 0.665. The van der Waals surface area contributed by atoms with Crippen molar-refractivity contribution in [3.8, 4) is 22.9 Å². The van der Waals surface area contributed by atoms with E-state index in [4.69, 9.17) is 14.0 Å². The number of hydrogen-bond acceptors (Lipinski definition) is 7. The minimum atomic E-state index is -0.196. The molecule has 1 aliphatic heterocycles. The molecule has 0 radical (unpaired) electrons. The molecule has 4 rings (SSSR count). The number of methoxy groups -OCH3 is 2. The van der Waals surface area contributed by atoms with Gasteiger partial charge in [-0.15, -0.1) is 0 Å². The van der Waals surface area contributed by atoms with Crippen LogP contribution < -0.4 is 9.47 Å². The molecule has 2 aromatic heterocycles. The van der Waals surface area contributed by atoms with Crippen molar-refractivity contribution in [2.24, 2.45) is 0 Å². The average molecular weight is 385 g/mol. The fraction of sp³-hybridized carbons (Fsp3) is 0.316. The van der Waals surface area contributed by atoms with Gasteiger partial charge in [-0.25, -0.2) is 0 Å². The Morgan fingerprint density at radius 2 is 2.11 bits per heavy atom. The van der Waals surface area contributed by atoms with Gasteiger partial charge in [-0.05, 0) is 42.5 Å². The summed E-state index contributed by atoms with van der Waals surface area (Å²) in [7, 11) is 3.17. The van der Waals surface area contributed by atoms with E-state index in [0.717, 1.165) is 18.4 Å². The van der Waals surface area contributed by atoms with Gasteiger partial charge >= 0.3 is 0 Å². The fourth-order valence-corrected chi connectivity index (χ4v) is 3.91. The zero-order valence-corrected chi connectivity index (χ0v) is 15.9. The predicted molar refractivity (Wildman–Crippen MR) is 100 cm³/mol. The van der Waals surface area contributed by atoms with Crippen LogP contribution in [0.1, 0.15) is 35.1 Å². The SMILES string of the molecule is COc1ccc(-c2noc([C@H]3CCCN3C(=O)c3ccsc3)n2)cc1OC. The third kappa shape index (κ3) is 3.28. The second-order valence-electron chi connectivity index (χ2n) is 6.19. The molecule has 140 valence electrons. The maximum atomic E-state index is 12.7. The number of benzene rings is 1. The fourth-order valence-electron chi connectivity index (χ4n) is 3.28. The molecular weight excluding hydrogens is 366 g/mol. The monoisotopic (exact) mass is 385 g/mol. The molecule has 0 unspecified atom stereocenters. The number of likely N-dealkylation sites (tertiary alicyclic amines) is 1. The van der Waals surface area contributed by atoms with Crippen molar-refractivity contribution in [1.29, 1.82) is 0 Å². The summed E-state index contributed by atoms with van der Waals surface area (Å²) < 4.78 is 16.1. The Morgan fingerprint density at radius 1 is 1.26 bits per heavy atom. The standard InChI is InChI=1S/C19H19N3O4S/c1-24-15-6-5-12(10-16(15)25-2)17-20-18(26-21-17)14-4-3-8-22(14)19(23)13-7-9-27-11-13/h5-7,9-11,14H,3-4,8H2,1-2H3/t14-/m1/s1. The lowest BCUT2D eigenvalue weighted by atomic mass is 10.2. The molecule has 3 heterocycles. The largest absolute Gasteiger partial charge is 0.493 e. The summed E-state index contributed by atoms with van der Waals surface area (Å²) in [6.45, 7) is 0.688. The highest BCUT2D eigenvalue weighted by Gasteiger charge is 2.34. The lowest BCUT2D eigenvalue weighted by Gasteiger charge is -2.21. The minimum absolute atomic E-state index is 0.00427. The molecule has 1 aromatic carbocycles. The van der Waals surface area contributed by atoms with Crippen LogP contribution in [0.25, 0.3) is 11.4 Å². The van der Waals surface area contributed by atoms with Gasteiger partial charge in [0.1, 0.15) is 6.04 Å². The normalized spacial score (nSPS) is 16.5. The summed E-state index contributed by atoms with van der Waals surface area (Å²) in [4.78, 5) is 19.1. The molecule has 0 bridgehead atoms. The highest BCUT2D eigenvalue weighted by Crippen LogP contribution is 2.35. The second-order valence-corrected chi connectivity index (χ2v) is 6.97. The molecule has 1 aliphatic rings. The molecule has 1 amide bonds. The first-order valence-electron chi connectivity index (χ1n) is 8.60. The van der Waals surface area contributed by atoms with Gasteiger partial charge in [0.2, 0.25) is 11.7 Å². The number of thiophene rings is 1. The molecule has 0 N–H and O–H groups in total. The molecule has 1 saturated heterocycles. The molecule has 3 aromatic rings. The topological polar surface area (TPSA) is 77.7 Å². The molecular formula is C19H19N3O4S. The number of rotatable bonds is 5. The summed E-state index contributed by atoms with van der Waals surface area (Å²) in [5.74, 6) is 2.15. The van der Waals surface area contributed by atoms with Gasteiger partial charge in [0.25, 0.3) is 5.91 Å². The molecule has 27 heavy (non-hydrogen) atoms. The predicted octanol–water partition coefficient (Wildman–Crippen LogP) is 3.79. The maximum Gasteiger partial charge on any atom is 0.255 e. The van der Waals surface area contributed by atoms with Gasteiger partial charge in [0.05, 0.1) is 19.8 Å². The summed E-state index contributed by atoms with van der Waals surface area (Å²) in [6, 6.07) is 7.09. The van der Waals surface area contributed by atoms with Crippen LogP contribution in [0.4, 0.5) is 0 Å². The lowest BCUT2D eigenvalue weighted by molar-refractivity contribution is 0.0710. The van der Waals surface area contributed by atoms with Crippen LogP contribution in [0, 0.1) is 0 Å². The average Bonchev–Trinajstić information content (AvgIpc) is 3.47. The van der Waals surface area contributed by atoms with E-state index in [1.807, 2.05) is 27.8 Å². The van der Waals surface area contributed by atoms with E-state index in [2.05, 4.69) is 10.1 Å². The highest BCUT2D eigenvalue weighted by atomic mass is 32.1. The Morgan fingerprint density at radius 3 is 2.85 bits per heavy atom. The first-order chi connectivity index (χ1) is 13.2.